The van der Waals surface area contributed by atoms with Crippen molar-refractivity contribution in [1.82, 2.24) is 10.2 Å². The van der Waals surface area contributed by atoms with E-state index in [0.717, 1.165) is 6.42 Å². The smallest absolute Gasteiger partial charge is 0.346 e. The van der Waals surface area contributed by atoms with E-state index in [9.17, 15) is 18.0 Å². The maximum Gasteiger partial charge on any atom is 0.405 e. The molecule has 1 aliphatic rings. The van der Waals surface area contributed by atoms with E-state index in [1.54, 1.807) is 0 Å². The molecule has 1 rings (SSSR count). The molecule has 8 heteroatoms. The Labute approximate surface area is 110 Å². The van der Waals surface area contributed by atoms with Gasteiger partial charge in [0.1, 0.15) is 6.54 Å². The molecule has 0 radical (unpaired) electrons. The van der Waals surface area contributed by atoms with Crippen LogP contribution in [0.1, 0.15) is 13.3 Å². The number of nitrogens with two attached hydrogens (primary N) is 1. The quantitative estimate of drug-likeness (QED) is 0.803. The first-order chi connectivity index (χ1) is 7.81. The van der Waals surface area contributed by atoms with Crippen LogP contribution in [0.2, 0.25) is 0 Å². The van der Waals surface area contributed by atoms with Crippen LogP contribution in [0, 0.1) is 5.92 Å². The van der Waals surface area contributed by atoms with Gasteiger partial charge in [0, 0.05) is 12.6 Å². The van der Waals surface area contributed by atoms with E-state index in [2.05, 4.69) is 0 Å². The lowest BCUT2D eigenvalue weighted by atomic mass is 10.1. The lowest BCUT2D eigenvalue weighted by Gasteiger charge is -2.20. The minimum absolute atomic E-state index is 0. The lowest BCUT2D eigenvalue weighted by Crippen LogP contribution is -2.42. The number of rotatable bonds is 4. The largest absolute Gasteiger partial charge is 0.405 e. The number of halogens is 4. The summed E-state index contributed by atoms with van der Waals surface area (Å²) in [5.74, 6) is -0.257. The van der Waals surface area contributed by atoms with Crippen molar-refractivity contribution in [3.63, 3.8) is 0 Å². The highest BCUT2D eigenvalue weighted by Gasteiger charge is 2.31. The maximum atomic E-state index is 11.9. The zero-order chi connectivity index (χ0) is 13.1. The van der Waals surface area contributed by atoms with Gasteiger partial charge >= 0.3 is 6.18 Å². The first-order valence-electron chi connectivity index (χ1n) is 5.59. The summed E-state index contributed by atoms with van der Waals surface area (Å²) in [7, 11) is 0. The molecule has 0 aliphatic carbocycles. The van der Waals surface area contributed by atoms with E-state index in [4.69, 9.17) is 5.73 Å². The molecule has 1 aliphatic heterocycles. The molecule has 0 aromatic heterocycles. The van der Waals surface area contributed by atoms with Crippen LogP contribution >= 0.6 is 12.4 Å². The third-order valence-electron chi connectivity index (χ3n) is 2.96. The highest BCUT2D eigenvalue weighted by Crippen LogP contribution is 2.21. The topological polar surface area (TPSA) is 58.4 Å². The molecule has 1 fully saturated rings. The lowest BCUT2D eigenvalue weighted by molar-refractivity contribution is -0.139. The highest BCUT2D eigenvalue weighted by molar-refractivity contribution is 5.85. The fourth-order valence-corrected chi connectivity index (χ4v) is 2.05. The summed E-state index contributed by atoms with van der Waals surface area (Å²) in [6.07, 6.45) is -3.46. The summed E-state index contributed by atoms with van der Waals surface area (Å²) < 4.78 is 35.6. The molecule has 18 heavy (non-hydrogen) atoms. The molecule has 0 aromatic carbocycles. The van der Waals surface area contributed by atoms with E-state index < -0.39 is 18.6 Å². The minimum Gasteiger partial charge on any atom is -0.346 e. The average Bonchev–Trinajstić information content (AvgIpc) is 2.56. The van der Waals surface area contributed by atoms with Crippen molar-refractivity contribution >= 4 is 18.3 Å². The highest BCUT2D eigenvalue weighted by atomic mass is 35.5. The Kier molecular flexibility index (Phi) is 6.94. The molecule has 108 valence electrons. The Hall–Kier alpha value is -0.530. The normalized spacial score (nSPS) is 24.7. The van der Waals surface area contributed by atoms with Gasteiger partial charge in [0.15, 0.2) is 0 Å². The molecule has 4 nitrogen and oxygen atoms in total. The number of likely N-dealkylation sites (tertiary alicyclic amines) is 1. The van der Waals surface area contributed by atoms with Gasteiger partial charge in [0.2, 0.25) is 5.91 Å². The molecule has 1 heterocycles. The first-order valence-corrected chi connectivity index (χ1v) is 5.59. The summed E-state index contributed by atoms with van der Waals surface area (Å²) in [6.45, 7) is 1.91. The summed E-state index contributed by atoms with van der Waals surface area (Å²) in [5.41, 5.74) is 5.53. The minimum atomic E-state index is -4.36. The summed E-state index contributed by atoms with van der Waals surface area (Å²) in [4.78, 5) is 13.2. The number of hydrogen-bond acceptors (Lipinski definition) is 3. The van der Waals surface area contributed by atoms with Crippen molar-refractivity contribution in [2.45, 2.75) is 25.6 Å². The van der Waals surface area contributed by atoms with Crippen molar-refractivity contribution in [3.05, 3.63) is 0 Å². The number of hydrogen-bond donors (Lipinski definition) is 2. The van der Waals surface area contributed by atoms with Gasteiger partial charge < -0.3 is 11.1 Å². The Morgan fingerprint density at radius 1 is 1.50 bits per heavy atom. The van der Waals surface area contributed by atoms with Crippen LogP contribution in [0.15, 0.2) is 0 Å². The van der Waals surface area contributed by atoms with Crippen LogP contribution in [0.4, 0.5) is 13.2 Å². The van der Waals surface area contributed by atoms with Crippen molar-refractivity contribution in [2.24, 2.45) is 11.7 Å². The van der Waals surface area contributed by atoms with Crippen LogP contribution in [0.25, 0.3) is 0 Å². The average molecular weight is 290 g/mol. The zero-order valence-electron chi connectivity index (χ0n) is 10.2. The number of amides is 1. The first kappa shape index (κ1) is 17.5. The summed E-state index contributed by atoms with van der Waals surface area (Å²) >= 11 is 0. The fourth-order valence-electron chi connectivity index (χ4n) is 2.05. The number of nitrogens with zero attached hydrogens (tertiary/aromatic N) is 1. The van der Waals surface area contributed by atoms with Gasteiger partial charge in [-0.2, -0.15) is 13.2 Å². The Balaban J connectivity index is 0.00000289. The van der Waals surface area contributed by atoms with Gasteiger partial charge in [-0.3, -0.25) is 9.69 Å². The zero-order valence-corrected chi connectivity index (χ0v) is 11.0. The van der Waals surface area contributed by atoms with E-state index in [1.807, 2.05) is 17.1 Å². The number of nitrogens with one attached hydrogen (secondary N) is 1. The van der Waals surface area contributed by atoms with Crippen LogP contribution < -0.4 is 11.1 Å². The molecule has 1 saturated heterocycles. The predicted octanol–water partition coefficient (Wildman–Crippen LogP) is 0.756. The van der Waals surface area contributed by atoms with E-state index in [1.165, 1.54) is 0 Å². The van der Waals surface area contributed by atoms with Gasteiger partial charge in [0.25, 0.3) is 0 Å². The third kappa shape index (κ3) is 5.88. The van der Waals surface area contributed by atoms with Gasteiger partial charge in [-0.25, -0.2) is 0 Å². The Morgan fingerprint density at radius 3 is 2.56 bits per heavy atom. The molecule has 2 unspecified atom stereocenters. The standard InChI is InChI=1S/C10H18F3N3O.ClH/c1-7-2-8(3-14)4-16(7)5-9(17)15-6-10(11,12)13;/h7-8H,2-6,14H2,1H3,(H,15,17);1H. The molecular weight excluding hydrogens is 271 g/mol. The number of carbonyl (C=O) groups is 1. The molecule has 1 amide bonds. The Morgan fingerprint density at radius 2 is 2.11 bits per heavy atom. The monoisotopic (exact) mass is 289 g/mol. The number of alkyl halides is 3. The van der Waals surface area contributed by atoms with E-state index >= 15 is 0 Å². The Bertz CT molecular complexity index is 276. The van der Waals surface area contributed by atoms with Crippen molar-refractivity contribution in [2.75, 3.05) is 26.2 Å². The van der Waals surface area contributed by atoms with Crippen LogP contribution in [0.5, 0.6) is 0 Å². The van der Waals surface area contributed by atoms with Crippen molar-refractivity contribution in [1.29, 1.82) is 0 Å². The van der Waals surface area contributed by atoms with Crippen molar-refractivity contribution in [3.8, 4) is 0 Å². The van der Waals surface area contributed by atoms with Crippen LogP contribution in [0.3, 0.4) is 0 Å². The second-order valence-electron chi connectivity index (χ2n) is 4.51. The second-order valence-corrected chi connectivity index (χ2v) is 4.51. The molecule has 0 bridgehead atoms. The molecular formula is C10H19ClF3N3O. The molecule has 0 spiro atoms. The molecule has 0 aromatic rings. The summed E-state index contributed by atoms with van der Waals surface area (Å²) in [6, 6.07) is 0.195. The predicted molar refractivity (Wildman–Crippen MR) is 64.5 cm³/mol. The molecule has 0 saturated carbocycles. The SMILES string of the molecule is CC1CC(CN)CN1CC(=O)NCC(F)(F)F.Cl. The van der Waals surface area contributed by atoms with Crippen LogP contribution in [-0.2, 0) is 4.79 Å². The molecule has 2 atom stereocenters. The molecule has 3 N–H and O–H groups in total. The van der Waals surface area contributed by atoms with Crippen LogP contribution in [-0.4, -0.2) is 49.2 Å². The van der Waals surface area contributed by atoms with E-state index in [0.29, 0.717) is 19.0 Å². The third-order valence-corrected chi connectivity index (χ3v) is 2.96. The fraction of sp³-hybridized carbons (Fsp3) is 0.900. The second kappa shape index (κ2) is 7.16. The summed E-state index contributed by atoms with van der Waals surface area (Å²) in [5, 5.41) is 1.87. The van der Waals surface area contributed by atoms with Gasteiger partial charge in [0.05, 0.1) is 6.54 Å². The van der Waals surface area contributed by atoms with Gasteiger partial charge in [-0.15, -0.1) is 12.4 Å². The van der Waals surface area contributed by atoms with Crippen molar-refractivity contribution < 1.29 is 18.0 Å². The van der Waals surface area contributed by atoms with E-state index in [-0.39, 0.29) is 25.0 Å². The van der Waals surface area contributed by atoms with Gasteiger partial charge in [-0.1, -0.05) is 0 Å². The maximum absolute atomic E-state index is 11.9. The number of carbonyl (C=O) groups excluding carboxylic acids is 1. The van der Waals surface area contributed by atoms with Gasteiger partial charge in [-0.05, 0) is 25.8 Å².